The Morgan fingerprint density at radius 2 is 2.00 bits per heavy atom. The second-order valence-electron chi connectivity index (χ2n) is 4.85. The first-order chi connectivity index (χ1) is 7.08. The van der Waals surface area contributed by atoms with Crippen molar-refractivity contribution in [3.63, 3.8) is 0 Å². The molecule has 5 heteroatoms. The topological polar surface area (TPSA) is 58.2 Å². The molecule has 1 saturated carbocycles. The predicted molar refractivity (Wildman–Crippen MR) is 60.1 cm³/mol. The fraction of sp³-hybridized carbons (Fsp3) is 1.00. The third-order valence-corrected chi connectivity index (χ3v) is 5.22. The van der Waals surface area contributed by atoms with Gasteiger partial charge in [0, 0.05) is 12.6 Å². The quantitative estimate of drug-likeness (QED) is 0.740. The first kappa shape index (κ1) is 11.4. The summed E-state index contributed by atoms with van der Waals surface area (Å²) in [6.07, 6.45) is 3.96. The molecule has 2 unspecified atom stereocenters. The van der Waals surface area contributed by atoms with E-state index < -0.39 is 10.0 Å². The monoisotopic (exact) mass is 232 g/mol. The van der Waals surface area contributed by atoms with Crippen molar-refractivity contribution in [2.24, 2.45) is 5.92 Å². The first-order valence-corrected chi connectivity index (χ1v) is 7.34. The van der Waals surface area contributed by atoms with E-state index in [4.69, 9.17) is 0 Å². The molecule has 2 rings (SSSR count). The van der Waals surface area contributed by atoms with E-state index in [1.54, 1.807) is 0 Å². The van der Waals surface area contributed by atoms with Gasteiger partial charge in [-0.1, -0.05) is 0 Å². The van der Waals surface area contributed by atoms with E-state index in [9.17, 15) is 8.42 Å². The van der Waals surface area contributed by atoms with Crippen LogP contribution in [0.2, 0.25) is 0 Å². The number of hydrogen-bond donors (Lipinski definition) is 2. The molecule has 0 aromatic heterocycles. The fourth-order valence-electron chi connectivity index (χ4n) is 1.96. The van der Waals surface area contributed by atoms with Crippen LogP contribution in [0.25, 0.3) is 0 Å². The molecule has 2 fully saturated rings. The molecule has 0 amide bonds. The van der Waals surface area contributed by atoms with Gasteiger partial charge in [-0.05, 0) is 45.1 Å². The zero-order chi connectivity index (χ0) is 10.9. The molecule has 2 aliphatic rings. The lowest BCUT2D eigenvalue weighted by Gasteiger charge is -2.27. The Labute approximate surface area is 91.9 Å². The van der Waals surface area contributed by atoms with Crippen LogP contribution in [-0.4, -0.2) is 32.8 Å². The van der Waals surface area contributed by atoms with Crippen LogP contribution in [0.4, 0.5) is 0 Å². The van der Waals surface area contributed by atoms with Crippen molar-refractivity contribution in [3.05, 3.63) is 0 Å². The summed E-state index contributed by atoms with van der Waals surface area (Å²) in [5, 5.41) is 3.29. The molecule has 0 spiro atoms. The predicted octanol–water partition coefficient (Wildman–Crippen LogP) is 0.456. The van der Waals surface area contributed by atoms with E-state index in [-0.39, 0.29) is 5.25 Å². The Balaban J connectivity index is 1.73. The van der Waals surface area contributed by atoms with Crippen molar-refractivity contribution in [3.8, 4) is 0 Å². The summed E-state index contributed by atoms with van der Waals surface area (Å²) in [4.78, 5) is 0. The Morgan fingerprint density at radius 3 is 2.53 bits per heavy atom. The van der Waals surface area contributed by atoms with Crippen molar-refractivity contribution in [1.82, 2.24) is 10.0 Å². The molecular formula is C10H20N2O2S. The lowest BCUT2D eigenvalue weighted by molar-refractivity contribution is 0.323. The second-order valence-corrected chi connectivity index (χ2v) is 6.89. The highest BCUT2D eigenvalue weighted by Crippen LogP contribution is 2.27. The van der Waals surface area contributed by atoms with Crippen molar-refractivity contribution in [2.45, 2.75) is 43.9 Å². The lowest BCUT2D eigenvalue weighted by Crippen LogP contribution is -2.42. The molecule has 2 atom stereocenters. The van der Waals surface area contributed by atoms with Crippen molar-refractivity contribution < 1.29 is 8.42 Å². The van der Waals surface area contributed by atoms with Crippen LogP contribution in [0.3, 0.4) is 0 Å². The maximum Gasteiger partial charge on any atom is 0.214 e. The largest absolute Gasteiger partial charge is 0.314 e. The van der Waals surface area contributed by atoms with Gasteiger partial charge in [-0.2, -0.15) is 0 Å². The van der Waals surface area contributed by atoms with Gasteiger partial charge in [-0.3, -0.25) is 0 Å². The molecule has 4 nitrogen and oxygen atoms in total. The number of nitrogens with one attached hydrogen (secondary N) is 2. The zero-order valence-electron chi connectivity index (χ0n) is 9.20. The highest BCUT2D eigenvalue weighted by atomic mass is 32.2. The zero-order valence-corrected chi connectivity index (χ0v) is 10.0. The number of piperidine rings is 1. The third-order valence-electron chi connectivity index (χ3n) is 3.30. The van der Waals surface area contributed by atoms with E-state index >= 15 is 0 Å². The molecule has 0 aromatic rings. The molecule has 2 N–H and O–H groups in total. The van der Waals surface area contributed by atoms with E-state index in [0.717, 1.165) is 32.2 Å². The Kier molecular flexibility index (Phi) is 3.33. The van der Waals surface area contributed by atoms with Crippen LogP contribution in [0.15, 0.2) is 0 Å². The minimum absolute atomic E-state index is 0.0898. The summed E-state index contributed by atoms with van der Waals surface area (Å²) in [6, 6.07) is 0.585. The van der Waals surface area contributed by atoms with Gasteiger partial charge in [0.1, 0.15) is 0 Å². The van der Waals surface area contributed by atoms with Crippen molar-refractivity contribution in [2.75, 3.05) is 13.1 Å². The lowest BCUT2D eigenvalue weighted by atomic mass is 9.96. The molecule has 15 heavy (non-hydrogen) atoms. The maximum absolute atomic E-state index is 11.6. The third kappa shape index (κ3) is 3.16. The minimum Gasteiger partial charge on any atom is -0.314 e. The summed E-state index contributed by atoms with van der Waals surface area (Å²) in [5.74, 6) is 0.467. The van der Waals surface area contributed by atoms with Crippen molar-refractivity contribution in [1.29, 1.82) is 0 Å². The van der Waals surface area contributed by atoms with Gasteiger partial charge in [0.05, 0.1) is 5.25 Å². The van der Waals surface area contributed by atoms with Crippen LogP contribution in [0.5, 0.6) is 0 Å². The SMILES string of the molecule is CC1CCC(CNS(=O)(=O)C2CC2)CN1. The molecule has 0 bridgehead atoms. The summed E-state index contributed by atoms with van der Waals surface area (Å²) in [5.41, 5.74) is 0. The Hall–Kier alpha value is -0.130. The minimum atomic E-state index is -2.98. The van der Waals surface area contributed by atoms with Crippen LogP contribution in [-0.2, 0) is 10.0 Å². The smallest absolute Gasteiger partial charge is 0.214 e. The normalized spacial score (nSPS) is 32.9. The molecule has 0 radical (unpaired) electrons. The Morgan fingerprint density at radius 1 is 1.27 bits per heavy atom. The molecule has 1 aliphatic heterocycles. The van der Waals surface area contributed by atoms with E-state index in [2.05, 4.69) is 17.0 Å². The number of sulfonamides is 1. The highest BCUT2D eigenvalue weighted by molar-refractivity contribution is 7.90. The van der Waals surface area contributed by atoms with Gasteiger partial charge >= 0.3 is 0 Å². The van der Waals surface area contributed by atoms with Crippen LogP contribution >= 0.6 is 0 Å². The molecule has 1 heterocycles. The molecule has 0 aromatic carbocycles. The fourth-order valence-corrected chi connectivity index (χ4v) is 3.42. The van der Waals surface area contributed by atoms with E-state index in [1.807, 2.05) is 0 Å². The van der Waals surface area contributed by atoms with Crippen LogP contribution in [0.1, 0.15) is 32.6 Å². The maximum atomic E-state index is 11.6. The summed E-state index contributed by atoms with van der Waals surface area (Å²) >= 11 is 0. The van der Waals surface area contributed by atoms with Gasteiger partial charge in [-0.25, -0.2) is 13.1 Å². The van der Waals surface area contributed by atoms with E-state index in [0.29, 0.717) is 18.5 Å². The number of rotatable bonds is 4. The van der Waals surface area contributed by atoms with Gasteiger partial charge < -0.3 is 5.32 Å². The first-order valence-electron chi connectivity index (χ1n) is 5.80. The molecule has 1 saturated heterocycles. The van der Waals surface area contributed by atoms with Gasteiger partial charge in [-0.15, -0.1) is 0 Å². The standard InChI is InChI=1S/C10H20N2O2S/c1-8-2-3-9(6-11-8)7-12-15(13,14)10-4-5-10/h8-12H,2-7H2,1H3. The van der Waals surface area contributed by atoms with Crippen LogP contribution < -0.4 is 10.0 Å². The van der Waals surface area contributed by atoms with E-state index in [1.165, 1.54) is 0 Å². The average molecular weight is 232 g/mol. The van der Waals surface area contributed by atoms with Gasteiger partial charge in [0.15, 0.2) is 0 Å². The highest BCUT2D eigenvalue weighted by Gasteiger charge is 2.35. The van der Waals surface area contributed by atoms with Gasteiger partial charge in [0.2, 0.25) is 10.0 Å². The summed E-state index contributed by atoms with van der Waals surface area (Å²) in [6.45, 7) is 3.72. The number of hydrogen-bond acceptors (Lipinski definition) is 3. The van der Waals surface area contributed by atoms with Crippen molar-refractivity contribution >= 4 is 10.0 Å². The van der Waals surface area contributed by atoms with Gasteiger partial charge in [0.25, 0.3) is 0 Å². The molecule has 88 valence electrons. The Bertz CT molecular complexity index is 303. The second kappa shape index (κ2) is 4.39. The molecular weight excluding hydrogens is 212 g/mol. The van der Waals surface area contributed by atoms with Crippen LogP contribution in [0, 0.1) is 5.92 Å². The summed E-state index contributed by atoms with van der Waals surface area (Å²) in [7, 11) is -2.98. The molecule has 1 aliphatic carbocycles. The average Bonchev–Trinajstić information content (AvgIpc) is 3.00. The summed E-state index contributed by atoms with van der Waals surface area (Å²) < 4.78 is 25.9.